The van der Waals surface area contributed by atoms with E-state index in [1.165, 1.54) is 19.3 Å². The first-order chi connectivity index (χ1) is 5.27. The fourth-order valence-corrected chi connectivity index (χ4v) is 1.25. The van der Waals surface area contributed by atoms with Crippen molar-refractivity contribution in [2.75, 3.05) is 5.88 Å². The van der Waals surface area contributed by atoms with Crippen molar-refractivity contribution in [3.63, 3.8) is 0 Å². The van der Waals surface area contributed by atoms with Crippen LogP contribution in [0, 0.1) is 0 Å². The standard InChI is InChI=1S/C9H19ClO/c1-9(11)7-5-3-2-4-6-8-10/h9,11H,2-8H2,1H3/t9-/m0/s1. The molecular weight excluding hydrogens is 160 g/mol. The Morgan fingerprint density at radius 3 is 2.18 bits per heavy atom. The lowest BCUT2D eigenvalue weighted by Crippen LogP contribution is -1.98. The van der Waals surface area contributed by atoms with E-state index in [2.05, 4.69) is 0 Å². The molecule has 0 saturated heterocycles. The van der Waals surface area contributed by atoms with Crippen LogP contribution in [0.1, 0.15) is 45.4 Å². The molecule has 0 unspecified atom stereocenters. The highest BCUT2D eigenvalue weighted by Crippen LogP contribution is 2.07. The maximum atomic E-state index is 8.93. The maximum Gasteiger partial charge on any atom is 0.0512 e. The summed E-state index contributed by atoms with van der Waals surface area (Å²) in [6.07, 6.45) is 6.85. The van der Waals surface area contributed by atoms with E-state index in [0.717, 1.165) is 25.1 Å². The Balaban J connectivity index is 2.80. The highest BCUT2D eigenvalue weighted by Gasteiger charge is 1.94. The van der Waals surface area contributed by atoms with E-state index in [0.29, 0.717) is 0 Å². The lowest BCUT2D eigenvalue weighted by molar-refractivity contribution is 0.180. The van der Waals surface area contributed by atoms with E-state index in [-0.39, 0.29) is 6.10 Å². The van der Waals surface area contributed by atoms with Crippen LogP contribution in [0.5, 0.6) is 0 Å². The number of alkyl halides is 1. The molecule has 0 aliphatic carbocycles. The van der Waals surface area contributed by atoms with Crippen molar-refractivity contribution in [3.8, 4) is 0 Å². The normalized spacial score (nSPS) is 13.4. The van der Waals surface area contributed by atoms with Crippen molar-refractivity contribution in [1.29, 1.82) is 0 Å². The minimum atomic E-state index is -0.122. The SMILES string of the molecule is C[C@H](O)CCCCCCCCl. The fraction of sp³-hybridized carbons (Fsp3) is 1.00. The van der Waals surface area contributed by atoms with Crippen LogP contribution in [-0.2, 0) is 0 Å². The van der Waals surface area contributed by atoms with Gasteiger partial charge >= 0.3 is 0 Å². The molecular formula is C9H19ClO. The highest BCUT2D eigenvalue weighted by atomic mass is 35.5. The van der Waals surface area contributed by atoms with Gasteiger partial charge in [-0.3, -0.25) is 0 Å². The average molecular weight is 179 g/mol. The Morgan fingerprint density at radius 1 is 1.09 bits per heavy atom. The van der Waals surface area contributed by atoms with Crippen LogP contribution in [0.25, 0.3) is 0 Å². The molecule has 0 spiro atoms. The lowest BCUT2D eigenvalue weighted by Gasteiger charge is -2.02. The molecule has 11 heavy (non-hydrogen) atoms. The molecule has 0 radical (unpaired) electrons. The van der Waals surface area contributed by atoms with Crippen LogP contribution in [0.15, 0.2) is 0 Å². The number of aliphatic hydroxyl groups is 1. The summed E-state index contributed by atoms with van der Waals surface area (Å²) in [6, 6.07) is 0. The minimum Gasteiger partial charge on any atom is -0.393 e. The summed E-state index contributed by atoms with van der Waals surface area (Å²) in [4.78, 5) is 0. The number of rotatable bonds is 7. The lowest BCUT2D eigenvalue weighted by atomic mass is 10.1. The van der Waals surface area contributed by atoms with Gasteiger partial charge in [0.15, 0.2) is 0 Å². The number of hydrogen-bond acceptors (Lipinski definition) is 1. The first-order valence-corrected chi connectivity index (χ1v) is 5.05. The van der Waals surface area contributed by atoms with Gasteiger partial charge in [-0.25, -0.2) is 0 Å². The van der Waals surface area contributed by atoms with E-state index in [9.17, 15) is 0 Å². The Morgan fingerprint density at radius 2 is 1.64 bits per heavy atom. The second kappa shape index (κ2) is 8.35. The molecule has 2 heteroatoms. The molecule has 1 N–H and O–H groups in total. The van der Waals surface area contributed by atoms with Gasteiger partial charge in [-0.1, -0.05) is 25.7 Å². The topological polar surface area (TPSA) is 20.2 Å². The van der Waals surface area contributed by atoms with Crippen molar-refractivity contribution >= 4 is 11.6 Å². The van der Waals surface area contributed by atoms with E-state index in [1.807, 2.05) is 6.92 Å². The average Bonchev–Trinajstić information content (AvgIpc) is 1.96. The Kier molecular flexibility index (Phi) is 8.54. The summed E-state index contributed by atoms with van der Waals surface area (Å²) in [5.74, 6) is 0.788. The van der Waals surface area contributed by atoms with Crippen LogP contribution in [-0.4, -0.2) is 17.1 Å². The van der Waals surface area contributed by atoms with Gasteiger partial charge in [0.05, 0.1) is 6.10 Å². The number of hydrogen-bond donors (Lipinski definition) is 1. The van der Waals surface area contributed by atoms with Gasteiger partial charge in [-0.2, -0.15) is 0 Å². The van der Waals surface area contributed by atoms with Gasteiger partial charge in [-0.05, 0) is 19.8 Å². The molecule has 1 nitrogen and oxygen atoms in total. The summed E-state index contributed by atoms with van der Waals surface area (Å²) < 4.78 is 0. The number of aliphatic hydroxyl groups excluding tert-OH is 1. The Labute approximate surface area is 74.8 Å². The third kappa shape index (κ3) is 10.2. The molecule has 0 rings (SSSR count). The quantitative estimate of drug-likeness (QED) is 0.470. The van der Waals surface area contributed by atoms with Crippen molar-refractivity contribution in [1.82, 2.24) is 0 Å². The summed E-state index contributed by atoms with van der Waals surface area (Å²) in [6.45, 7) is 1.85. The first-order valence-electron chi connectivity index (χ1n) is 4.51. The van der Waals surface area contributed by atoms with Crippen molar-refractivity contribution in [2.45, 2.75) is 51.6 Å². The summed E-state index contributed by atoms with van der Waals surface area (Å²) in [5, 5.41) is 8.93. The molecule has 0 aromatic carbocycles. The van der Waals surface area contributed by atoms with E-state index < -0.39 is 0 Å². The van der Waals surface area contributed by atoms with Gasteiger partial charge in [0, 0.05) is 5.88 Å². The van der Waals surface area contributed by atoms with Gasteiger partial charge in [0.1, 0.15) is 0 Å². The van der Waals surface area contributed by atoms with Gasteiger partial charge in [0.25, 0.3) is 0 Å². The molecule has 1 atom stereocenters. The predicted octanol–water partition coefficient (Wildman–Crippen LogP) is 2.95. The molecule has 68 valence electrons. The summed E-state index contributed by atoms with van der Waals surface area (Å²) in [5.41, 5.74) is 0. The van der Waals surface area contributed by atoms with E-state index in [4.69, 9.17) is 16.7 Å². The molecule has 0 aromatic heterocycles. The molecule has 0 amide bonds. The second-order valence-electron chi connectivity index (χ2n) is 3.09. The van der Waals surface area contributed by atoms with Crippen LogP contribution in [0.2, 0.25) is 0 Å². The van der Waals surface area contributed by atoms with Gasteiger partial charge in [-0.15, -0.1) is 11.6 Å². The third-order valence-corrected chi connectivity index (χ3v) is 2.02. The molecule has 0 aliphatic rings. The van der Waals surface area contributed by atoms with Gasteiger partial charge < -0.3 is 5.11 Å². The fourth-order valence-electron chi connectivity index (χ4n) is 1.06. The van der Waals surface area contributed by atoms with Crippen LogP contribution in [0.4, 0.5) is 0 Å². The molecule has 0 heterocycles. The smallest absolute Gasteiger partial charge is 0.0512 e. The van der Waals surface area contributed by atoms with Crippen molar-refractivity contribution in [2.24, 2.45) is 0 Å². The van der Waals surface area contributed by atoms with Gasteiger partial charge in [0.2, 0.25) is 0 Å². The minimum absolute atomic E-state index is 0.122. The Hall–Kier alpha value is 0.250. The Bertz CT molecular complexity index is 74.0. The zero-order valence-corrected chi connectivity index (χ0v) is 8.11. The molecule has 0 bridgehead atoms. The largest absolute Gasteiger partial charge is 0.393 e. The predicted molar refractivity (Wildman–Crippen MR) is 50.1 cm³/mol. The molecule has 0 aromatic rings. The summed E-state index contributed by atoms with van der Waals surface area (Å²) in [7, 11) is 0. The van der Waals surface area contributed by atoms with Crippen molar-refractivity contribution in [3.05, 3.63) is 0 Å². The zero-order chi connectivity index (χ0) is 8.53. The molecule has 0 fully saturated rings. The summed E-state index contributed by atoms with van der Waals surface area (Å²) >= 11 is 5.52. The zero-order valence-electron chi connectivity index (χ0n) is 7.35. The number of unbranched alkanes of at least 4 members (excludes halogenated alkanes) is 4. The van der Waals surface area contributed by atoms with Crippen LogP contribution in [0.3, 0.4) is 0 Å². The monoisotopic (exact) mass is 178 g/mol. The second-order valence-corrected chi connectivity index (χ2v) is 3.47. The maximum absolute atomic E-state index is 8.93. The highest BCUT2D eigenvalue weighted by molar-refractivity contribution is 6.17. The third-order valence-electron chi connectivity index (χ3n) is 1.76. The van der Waals surface area contributed by atoms with Crippen LogP contribution >= 0.6 is 11.6 Å². The first kappa shape index (κ1) is 11.2. The van der Waals surface area contributed by atoms with Crippen LogP contribution < -0.4 is 0 Å². The molecule has 0 saturated carbocycles. The number of halogens is 1. The van der Waals surface area contributed by atoms with E-state index in [1.54, 1.807) is 0 Å². The van der Waals surface area contributed by atoms with E-state index >= 15 is 0 Å². The van der Waals surface area contributed by atoms with Crippen molar-refractivity contribution < 1.29 is 5.11 Å². The molecule has 0 aliphatic heterocycles.